The van der Waals surface area contributed by atoms with Crippen molar-refractivity contribution in [1.29, 1.82) is 5.26 Å². The zero-order chi connectivity index (χ0) is 14.7. The molecule has 19 heavy (non-hydrogen) atoms. The molecule has 4 nitrogen and oxygen atoms in total. The Morgan fingerprint density at radius 1 is 1.58 bits per heavy atom. The quantitative estimate of drug-likeness (QED) is 0.838. The largest absolute Gasteiger partial charge is 0.429 e. The molecule has 0 aliphatic heterocycles. The first-order valence-corrected chi connectivity index (χ1v) is 5.69. The Morgan fingerprint density at radius 3 is 2.68 bits per heavy atom. The summed E-state index contributed by atoms with van der Waals surface area (Å²) in [6.07, 6.45) is -1.15. The average Bonchev–Trinajstić information content (AvgIpc) is 2.81. The van der Waals surface area contributed by atoms with Gasteiger partial charge < -0.3 is 9.67 Å². The molecular formula is C12H14F3N3O. The number of aryl methyl sites for hydroxylation is 1. The van der Waals surface area contributed by atoms with Crippen molar-refractivity contribution in [1.82, 2.24) is 9.55 Å². The third-order valence-electron chi connectivity index (χ3n) is 2.77. The molecule has 1 atom stereocenters. The summed E-state index contributed by atoms with van der Waals surface area (Å²) in [5.74, 6) is -0.625. The predicted molar refractivity (Wildman–Crippen MR) is 61.8 cm³/mol. The van der Waals surface area contributed by atoms with E-state index in [0.29, 0.717) is 6.42 Å². The van der Waals surface area contributed by atoms with Crippen molar-refractivity contribution in [2.24, 2.45) is 0 Å². The SMILES string of the molecule is C=C(C#N)C(O)(c1nccn1CCCC)C(F)(F)F. The highest BCUT2D eigenvalue weighted by molar-refractivity contribution is 5.35. The minimum Gasteiger partial charge on any atom is -0.369 e. The van der Waals surface area contributed by atoms with E-state index in [1.807, 2.05) is 6.92 Å². The van der Waals surface area contributed by atoms with E-state index in [1.165, 1.54) is 16.8 Å². The van der Waals surface area contributed by atoms with Crippen LogP contribution in [0.5, 0.6) is 0 Å². The van der Waals surface area contributed by atoms with Gasteiger partial charge in [-0.05, 0) is 6.42 Å². The van der Waals surface area contributed by atoms with Gasteiger partial charge in [0.15, 0.2) is 5.82 Å². The molecule has 0 fully saturated rings. The summed E-state index contributed by atoms with van der Waals surface area (Å²) < 4.78 is 40.5. The van der Waals surface area contributed by atoms with Gasteiger partial charge in [-0.15, -0.1) is 0 Å². The first-order valence-electron chi connectivity index (χ1n) is 5.69. The molecule has 1 heterocycles. The van der Waals surface area contributed by atoms with Gasteiger partial charge in [0.1, 0.15) is 0 Å². The summed E-state index contributed by atoms with van der Waals surface area (Å²) in [6.45, 7) is 5.17. The normalized spacial score (nSPS) is 14.7. The lowest BCUT2D eigenvalue weighted by Gasteiger charge is -2.29. The minimum absolute atomic E-state index is 0.281. The number of hydrogen-bond acceptors (Lipinski definition) is 3. The van der Waals surface area contributed by atoms with Gasteiger partial charge >= 0.3 is 6.18 Å². The van der Waals surface area contributed by atoms with E-state index >= 15 is 0 Å². The van der Waals surface area contributed by atoms with E-state index in [1.54, 1.807) is 0 Å². The van der Waals surface area contributed by atoms with Crippen LogP contribution in [0.1, 0.15) is 25.6 Å². The van der Waals surface area contributed by atoms with Crippen molar-refractivity contribution >= 4 is 0 Å². The van der Waals surface area contributed by atoms with Gasteiger partial charge in [0, 0.05) is 18.9 Å². The van der Waals surface area contributed by atoms with E-state index in [0.717, 1.165) is 12.6 Å². The number of rotatable bonds is 5. The molecule has 0 spiro atoms. The molecule has 7 heteroatoms. The van der Waals surface area contributed by atoms with Gasteiger partial charge in [0.2, 0.25) is 0 Å². The van der Waals surface area contributed by atoms with E-state index in [2.05, 4.69) is 11.6 Å². The Bertz CT molecular complexity index is 501. The molecule has 1 rings (SSSR count). The monoisotopic (exact) mass is 273 g/mol. The fourth-order valence-corrected chi connectivity index (χ4v) is 1.65. The van der Waals surface area contributed by atoms with Gasteiger partial charge in [-0.1, -0.05) is 19.9 Å². The van der Waals surface area contributed by atoms with E-state index in [9.17, 15) is 18.3 Å². The topological polar surface area (TPSA) is 61.8 Å². The van der Waals surface area contributed by atoms with E-state index in [-0.39, 0.29) is 6.54 Å². The second-order valence-electron chi connectivity index (χ2n) is 4.10. The van der Waals surface area contributed by atoms with Crippen molar-refractivity contribution in [2.75, 3.05) is 0 Å². The van der Waals surface area contributed by atoms with Crippen molar-refractivity contribution < 1.29 is 18.3 Å². The summed E-state index contributed by atoms with van der Waals surface area (Å²) in [5.41, 5.74) is -4.44. The summed E-state index contributed by atoms with van der Waals surface area (Å²) >= 11 is 0. The van der Waals surface area contributed by atoms with Crippen molar-refractivity contribution in [3.63, 3.8) is 0 Å². The van der Waals surface area contributed by atoms with Crippen LogP contribution in [0.3, 0.4) is 0 Å². The zero-order valence-electron chi connectivity index (χ0n) is 10.4. The van der Waals surface area contributed by atoms with Crippen LogP contribution in [0.15, 0.2) is 24.5 Å². The molecule has 0 amide bonds. The summed E-state index contributed by atoms with van der Waals surface area (Å²) in [6, 6.07) is 1.27. The lowest BCUT2D eigenvalue weighted by molar-refractivity contribution is -0.252. The van der Waals surface area contributed by atoms with Crippen LogP contribution in [0, 0.1) is 11.3 Å². The second kappa shape index (κ2) is 5.45. The minimum atomic E-state index is -5.06. The average molecular weight is 273 g/mol. The van der Waals surface area contributed by atoms with Crippen molar-refractivity contribution in [3.8, 4) is 6.07 Å². The van der Waals surface area contributed by atoms with Gasteiger partial charge in [-0.3, -0.25) is 0 Å². The number of nitrogens with zero attached hydrogens (tertiary/aromatic N) is 3. The molecule has 1 unspecified atom stereocenters. The number of aliphatic hydroxyl groups is 1. The van der Waals surface area contributed by atoms with Crippen LogP contribution in [-0.4, -0.2) is 20.8 Å². The highest BCUT2D eigenvalue weighted by Gasteiger charge is 2.60. The molecule has 0 aliphatic carbocycles. The summed E-state index contributed by atoms with van der Waals surface area (Å²) in [5, 5.41) is 18.6. The summed E-state index contributed by atoms with van der Waals surface area (Å²) in [7, 11) is 0. The highest BCUT2D eigenvalue weighted by Crippen LogP contribution is 2.42. The number of aromatic nitrogens is 2. The maximum atomic E-state index is 13.1. The van der Waals surface area contributed by atoms with Crippen LogP contribution in [0.2, 0.25) is 0 Å². The number of nitriles is 1. The molecule has 104 valence electrons. The zero-order valence-corrected chi connectivity index (χ0v) is 10.4. The maximum absolute atomic E-state index is 13.1. The third-order valence-corrected chi connectivity index (χ3v) is 2.77. The number of hydrogen-bond donors (Lipinski definition) is 1. The molecule has 0 saturated carbocycles. The van der Waals surface area contributed by atoms with Crippen LogP contribution in [0.25, 0.3) is 0 Å². The van der Waals surface area contributed by atoms with Gasteiger partial charge in [0.05, 0.1) is 11.6 Å². The second-order valence-corrected chi connectivity index (χ2v) is 4.10. The Morgan fingerprint density at radius 2 is 2.21 bits per heavy atom. The lowest BCUT2D eigenvalue weighted by Crippen LogP contribution is -2.45. The Labute approximate surface area is 108 Å². The predicted octanol–water partition coefficient (Wildman–Crippen LogP) is 2.51. The van der Waals surface area contributed by atoms with E-state index in [4.69, 9.17) is 5.26 Å². The Hall–Kier alpha value is -1.81. The molecule has 0 aliphatic rings. The fraction of sp³-hybridized carbons (Fsp3) is 0.500. The highest BCUT2D eigenvalue weighted by atomic mass is 19.4. The fourth-order valence-electron chi connectivity index (χ4n) is 1.65. The van der Waals surface area contributed by atoms with Crippen LogP contribution in [0.4, 0.5) is 13.2 Å². The number of imidazole rings is 1. The van der Waals surface area contributed by atoms with Crippen LogP contribution < -0.4 is 0 Å². The Balaban J connectivity index is 3.32. The first-order chi connectivity index (χ1) is 8.79. The molecule has 0 bridgehead atoms. The molecule has 1 aromatic heterocycles. The van der Waals surface area contributed by atoms with Crippen LogP contribution in [-0.2, 0) is 12.1 Å². The van der Waals surface area contributed by atoms with Gasteiger partial charge in [-0.2, -0.15) is 18.4 Å². The van der Waals surface area contributed by atoms with Gasteiger partial charge in [0.25, 0.3) is 5.60 Å². The summed E-state index contributed by atoms with van der Waals surface area (Å²) in [4.78, 5) is 3.56. The molecule has 1 aromatic rings. The van der Waals surface area contributed by atoms with Gasteiger partial charge in [-0.25, -0.2) is 4.98 Å². The lowest BCUT2D eigenvalue weighted by atomic mass is 9.93. The maximum Gasteiger partial charge on any atom is 0.429 e. The standard InChI is InChI=1S/C12H14F3N3O/c1-3-4-6-18-7-5-17-10(18)11(19,9(2)8-16)12(13,14)15/h5,7,19H,2-4,6H2,1H3. The molecule has 0 aromatic carbocycles. The molecule has 1 N–H and O–H groups in total. The van der Waals surface area contributed by atoms with Crippen molar-refractivity contribution in [3.05, 3.63) is 30.4 Å². The number of alkyl halides is 3. The molecule has 0 saturated heterocycles. The molecule has 0 radical (unpaired) electrons. The number of halogens is 3. The van der Waals surface area contributed by atoms with Crippen molar-refractivity contribution in [2.45, 2.75) is 38.1 Å². The third kappa shape index (κ3) is 2.63. The van der Waals surface area contributed by atoms with E-state index < -0.39 is 23.2 Å². The smallest absolute Gasteiger partial charge is 0.369 e. The Kier molecular flexibility index (Phi) is 4.37. The first kappa shape index (κ1) is 15.2. The molecular weight excluding hydrogens is 259 g/mol. The van der Waals surface area contributed by atoms with Crippen LogP contribution >= 0.6 is 0 Å². The number of unbranched alkanes of at least 4 members (excludes halogenated alkanes) is 1.